The van der Waals surface area contributed by atoms with E-state index in [1.165, 1.54) is 30.2 Å². The van der Waals surface area contributed by atoms with Crippen molar-refractivity contribution in [1.82, 2.24) is 24.7 Å². The van der Waals surface area contributed by atoms with Crippen molar-refractivity contribution in [1.29, 1.82) is 0 Å². The van der Waals surface area contributed by atoms with E-state index in [0.717, 1.165) is 5.56 Å². The second-order valence-electron chi connectivity index (χ2n) is 6.30. The van der Waals surface area contributed by atoms with Crippen LogP contribution in [0.25, 0.3) is 5.69 Å². The second kappa shape index (κ2) is 8.99. The fourth-order valence-electron chi connectivity index (χ4n) is 2.65. The molecule has 0 N–H and O–H groups in total. The summed E-state index contributed by atoms with van der Waals surface area (Å²) in [5, 5.41) is 18.6. The van der Waals surface area contributed by atoms with Gasteiger partial charge in [0.15, 0.2) is 0 Å². The predicted octanol–water partition coefficient (Wildman–Crippen LogP) is 5.39. The summed E-state index contributed by atoms with van der Waals surface area (Å²) in [7, 11) is 0. The highest BCUT2D eigenvalue weighted by molar-refractivity contribution is 7.98. The average molecular weight is 461 g/mol. The van der Waals surface area contributed by atoms with Gasteiger partial charge in [-0.15, -0.1) is 10.2 Å². The molecule has 2 aromatic carbocycles. The van der Waals surface area contributed by atoms with E-state index in [1.54, 1.807) is 27.7 Å². The number of thioether (sulfide) groups is 1. The highest BCUT2D eigenvalue weighted by Gasteiger charge is 2.14. The standard InChI is InChI=1S/C20H15Cl2FN6S/c1-13-18(19(22)29(27-13)17-8-6-16(23)7-9-17)10-25-28-12-24-26-20(28)30-11-14-2-4-15(21)5-3-14/h2-10,12H,11H2,1H3/b25-10+. The van der Waals surface area contributed by atoms with Crippen LogP contribution in [-0.2, 0) is 5.75 Å². The van der Waals surface area contributed by atoms with E-state index in [9.17, 15) is 4.39 Å². The molecule has 4 rings (SSSR count). The maximum atomic E-state index is 13.2. The Bertz CT molecular complexity index is 1190. The van der Waals surface area contributed by atoms with Gasteiger partial charge >= 0.3 is 0 Å². The first-order chi connectivity index (χ1) is 14.5. The predicted molar refractivity (Wildman–Crippen MR) is 117 cm³/mol. The summed E-state index contributed by atoms with van der Waals surface area (Å²) in [4.78, 5) is 0. The topological polar surface area (TPSA) is 60.9 Å². The van der Waals surface area contributed by atoms with E-state index in [-0.39, 0.29) is 5.82 Å². The van der Waals surface area contributed by atoms with E-state index in [0.29, 0.717) is 38.0 Å². The van der Waals surface area contributed by atoms with Crippen molar-refractivity contribution >= 4 is 41.2 Å². The minimum absolute atomic E-state index is 0.322. The minimum Gasteiger partial charge on any atom is -0.221 e. The minimum atomic E-state index is -0.322. The normalized spacial score (nSPS) is 11.5. The van der Waals surface area contributed by atoms with E-state index < -0.39 is 0 Å². The molecule has 0 unspecified atom stereocenters. The monoisotopic (exact) mass is 460 g/mol. The molecule has 0 atom stereocenters. The number of halogens is 3. The van der Waals surface area contributed by atoms with Gasteiger partial charge in [0.2, 0.25) is 5.16 Å². The van der Waals surface area contributed by atoms with Crippen LogP contribution in [0.5, 0.6) is 0 Å². The SMILES string of the molecule is Cc1nn(-c2ccc(F)cc2)c(Cl)c1/C=N/n1cnnc1SCc1ccc(Cl)cc1. The first-order valence-corrected chi connectivity index (χ1v) is 10.6. The summed E-state index contributed by atoms with van der Waals surface area (Å²) < 4.78 is 16.3. The van der Waals surface area contributed by atoms with Crippen molar-refractivity contribution in [2.24, 2.45) is 5.10 Å². The third-order valence-corrected chi connectivity index (χ3v) is 5.83. The van der Waals surface area contributed by atoms with Crippen molar-refractivity contribution in [2.45, 2.75) is 17.8 Å². The molecule has 0 saturated heterocycles. The highest BCUT2D eigenvalue weighted by atomic mass is 35.5. The molecule has 10 heteroatoms. The van der Waals surface area contributed by atoms with Gasteiger partial charge in [0.25, 0.3) is 0 Å². The lowest BCUT2D eigenvalue weighted by Crippen LogP contribution is -1.97. The Hall–Kier alpha value is -2.68. The zero-order valence-corrected chi connectivity index (χ0v) is 18.0. The lowest BCUT2D eigenvalue weighted by molar-refractivity contribution is 0.627. The Kier molecular flexibility index (Phi) is 6.17. The lowest BCUT2D eigenvalue weighted by atomic mass is 10.2. The number of hydrogen-bond acceptors (Lipinski definition) is 5. The van der Waals surface area contributed by atoms with E-state index >= 15 is 0 Å². The van der Waals surface area contributed by atoms with E-state index in [4.69, 9.17) is 23.2 Å². The molecule has 0 aliphatic rings. The van der Waals surface area contributed by atoms with Crippen molar-refractivity contribution < 1.29 is 4.39 Å². The van der Waals surface area contributed by atoms with Gasteiger partial charge in [-0.05, 0) is 48.9 Å². The van der Waals surface area contributed by atoms with Crippen LogP contribution in [0, 0.1) is 12.7 Å². The summed E-state index contributed by atoms with van der Waals surface area (Å²) in [5.74, 6) is 0.380. The zero-order valence-electron chi connectivity index (χ0n) is 15.7. The number of rotatable bonds is 6. The number of benzene rings is 2. The molecule has 0 fully saturated rings. The van der Waals surface area contributed by atoms with E-state index in [2.05, 4.69) is 20.4 Å². The largest absolute Gasteiger partial charge is 0.221 e. The quantitative estimate of drug-likeness (QED) is 0.285. The molecule has 152 valence electrons. The Balaban J connectivity index is 1.53. The molecule has 0 aliphatic carbocycles. The molecule has 4 aromatic rings. The van der Waals surface area contributed by atoms with Crippen LogP contribution in [0.15, 0.2) is 65.1 Å². The Morgan fingerprint density at radius 1 is 1.10 bits per heavy atom. The summed E-state index contributed by atoms with van der Waals surface area (Å²) in [6.07, 6.45) is 3.13. The summed E-state index contributed by atoms with van der Waals surface area (Å²) in [6, 6.07) is 13.6. The van der Waals surface area contributed by atoms with Crippen LogP contribution in [-0.4, -0.2) is 30.9 Å². The molecular formula is C20H15Cl2FN6S. The van der Waals surface area contributed by atoms with Gasteiger partial charge in [-0.2, -0.15) is 14.9 Å². The number of aromatic nitrogens is 5. The molecule has 2 aromatic heterocycles. The van der Waals surface area contributed by atoms with Crippen LogP contribution in [0.3, 0.4) is 0 Å². The molecule has 0 amide bonds. The molecular weight excluding hydrogens is 446 g/mol. The maximum absolute atomic E-state index is 13.2. The van der Waals surface area contributed by atoms with Crippen molar-refractivity contribution in [3.63, 3.8) is 0 Å². The molecule has 0 saturated carbocycles. The Morgan fingerprint density at radius 3 is 2.57 bits per heavy atom. The smallest absolute Gasteiger partial charge is 0.212 e. The van der Waals surface area contributed by atoms with Crippen LogP contribution in [0.4, 0.5) is 4.39 Å². The molecule has 0 aliphatic heterocycles. The molecule has 2 heterocycles. The third kappa shape index (κ3) is 4.56. The van der Waals surface area contributed by atoms with Gasteiger partial charge in [-0.25, -0.2) is 9.07 Å². The van der Waals surface area contributed by atoms with Crippen LogP contribution in [0.2, 0.25) is 10.2 Å². The van der Waals surface area contributed by atoms with E-state index in [1.807, 2.05) is 31.2 Å². The van der Waals surface area contributed by atoms with Gasteiger partial charge < -0.3 is 0 Å². The van der Waals surface area contributed by atoms with Crippen LogP contribution < -0.4 is 0 Å². The lowest BCUT2D eigenvalue weighted by Gasteiger charge is -2.03. The first-order valence-electron chi connectivity index (χ1n) is 8.84. The number of hydrogen-bond donors (Lipinski definition) is 0. The third-order valence-electron chi connectivity index (χ3n) is 4.21. The highest BCUT2D eigenvalue weighted by Crippen LogP contribution is 2.24. The van der Waals surface area contributed by atoms with Gasteiger partial charge in [0.05, 0.1) is 23.2 Å². The van der Waals surface area contributed by atoms with Crippen molar-refractivity contribution in [3.05, 3.63) is 87.7 Å². The summed E-state index contributed by atoms with van der Waals surface area (Å²) in [6.45, 7) is 1.83. The fraction of sp³-hybridized carbons (Fsp3) is 0.100. The van der Waals surface area contributed by atoms with Crippen molar-refractivity contribution in [2.75, 3.05) is 0 Å². The fourth-order valence-corrected chi connectivity index (χ4v) is 3.92. The summed E-state index contributed by atoms with van der Waals surface area (Å²) in [5.41, 5.74) is 3.12. The Morgan fingerprint density at radius 2 is 1.83 bits per heavy atom. The second-order valence-corrected chi connectivity index (χ2v) is 8.03. The Labute approximate surface area is 186 Å². The molecule has 0 spiro atoms. The molecule has 0 radical (unpaired) electrons. The summed E-state index contributed by atoms with van der Waals surface area (Å²) >= 11 is 13.9. The van der Waals surface area contributed by atoms with Gasteiger partial charge in [0, 0.05) is 10.8 Å². The van der Waals surface area contributed by atoms with Crippen LogP contribution >= 0.6 is 35.0 Å². The maximum Gasteiger partial charge on any atom is 0.212 e. The average Bonchev–Trinajstić information content (AvgIpc) is 3.30. The number of nitrogens with zero attached hydrogens (tertiary/aromatic N) is 6. The van der Waals surface area contributed by atoms with Crippen LogP contribution in [0.1, 0.15) is 16.8 Å². The molecule has 30 heavy (non-hydrogen) atoms. The van der Waals surface area contributed by atoms with Gasteiger partial charge in [-0.3, -0.25) is 0 Å². The number of aryl methyl sites for hydroxylation is 1. The van der Waals surface area contributed by atoms with Gasteiger partial charge in [0.1, 0.15) is 17.3 Å². The van der Waals surface area contributed by atoms with Gasteiger partial charge in [-0.1, -0.05) is 47.1 Å². The van der Waals surface area contributed by atoms with Crippen molar-refractivity contribution in [3.8, 4) is 5.69 Å². The zero-order chi connectivity index (χ0) is 21.1. The first kappa shape index (κ1) is 20.6. The molecule has 6 nitrogen and oxygen atoms in total. The molecule has 0 bridgehead atoms.